The quantitative estimate of drug-likeness (QED) is 0.280. The zero-order valence-corrected chi connectivity index (χ0v) is 17.2. The summed E-state index contributed by atoms with van der Waals surface area (Å²) in [7, 11) is 0. The molecule has 0 unspecified atom stereocenters. The van der Waals surface area contributed by atoms with Crippen LogP contribution in [-0.2, 0) is 4.79 Å². The average Bonchev–Trinajstić information content (AvgIpc) is 2.65. The van der Waals surface area contributed by atoms with Crippen molar-refractivity contribution >= 4 is 5.97 Å². The molecule has 5 heteroatoms. The van der Waals surface area contributed by atoms with E-state index in [0.717, 1.165) is 12.8 Å². The van der Waals surface area contributed by atoms with E-state index in [4.69, 9.17) is 20.4 Å². The molecule has 0 amide bonds. The number of carbonyl (C=O) groups is 1. The third-order valence-electron chi connectivity index (χ3n) is 5.00. The van der Waals surface area contributed by atoms with Gasteiger partial charge in [-0.25, -0.2) is 0 Å². The minimum atomic E-state index is -0.667. The molecule has 0 saturated heterocycles. The summed E-state index contributed by atoms with van der Waals surface area (Å²) in [6, 6.07) is 0. The van der Waals surface area contributed by atoms with Crippen molar-refractivity contribution in [3.63, 3.8) is 0 Å². The van der Waals surface area contributed by atoms with Crippen LogP contribution in [0.3, 0.4) is 0 Å². The van der Waals surface area contributed by atoms with E-state index in [1.807, 2.05) is 6.92 Å². The Morgan fingerprint density at radius 2 is 1.00 bits per heavy atom. The lowest BCUT2D eigenvalue weighted by Crippen LogP contribution is -2.32. The Balaban J connectivity index is 0. The van der Waals surface area contributed by atoms with Gasteiger partial charge in [-0.2, -0.15) is 0 Å². The van der Waals surface area contributed by atoms with Crippen molar-refractivity contribution in [3.05, 3.63) is 0 Å². The topological polar surface area (TPSA) is 98.0 Å². The van der Waals surface area contributed by atoms with Gasteiger partial charge < -0.3 is 20.4 Å². The van der Waals surface area contributed by atoms with Gasteiger partial charge in [0.05, 0.1) is 19.8 Å². The predicted octanol–water partition coefficient (Wildman–Crippen LogP) is 4.52. The lowest BCUT2D eigenvalue weighted by Gasteiger charge is -2.24. The maximum Gasteiger partial charge on any atom is 0.303 e. The number of aliphatic carboxylic acids is 1. The highest BCUT2D eigenvalue weighted by Crippen LogP contribution is 2.18. The number of hydrogen-bond donors (Lipinski definition) is 4. The molecule has 0 fully saturated rings. The summed E-state index contributed by atoms with van der Waals surface area (Å²) in [5.41, 5.74) is -0.667. The molecule has 0 aliphatic heterocycles. The van der Waals surface area contributed by atoms with Crippen molar-refractivity contribution in [1.29, 1.82) is 0 Å². The van der Waals surface area contributed by atoms with Gasteiger partial charge in [0.15, 0.2) is 0 Å². The Kier molecular flexibility index (Phi) is 21.9. The predicted molar refractivity (Wildman–Crippen MR) is 107 cm³/mol. The Morgan fingerprint density at radius 3 is 1.23 bits per heavy atom. The van der Waals surface area contributed by atoms with E-state index in [1.54, 1.807) is 0 Å². The SMILES string of the molecule is CCC(CO)(CO)CO.CCCCCCCCCCCCCCC(=O)O. The normalized spacial score (nSPS) is 11.1. The van der Waals surface area contributed by atoms with Gasteiger partial charge in [-0.1, -0.05) is 84.5 Å². The summed E-state index contributed by atoms with van der Waals surface area (Å²) in [6.07, 6.45) is 16.4. The molecule has 158 valence electrons. The summed E-state index contributed by atoms with van der Waals surface area (Å²) in [5, 5.41) is 34.4. The Labute approximate surface area is 160 Å². The first-order valence-electron chi connectivity index (χ1n) is 10.6. The lowest BCUT2D eigenvalue weighted by atomic mass is 9.88. The van der Waals surface area contributed by atoms with Crippen LogP contribution in [0.25, 0.3) is 0 Å². The molecule has 0 heterocycles. The largest absolute Gasteiger partial charge is 0.481 e. The maximum absolute atomic E-state index is 10.3. The number of aliphatic hydroxyl groups excluding tert-OH is 3. The van der Waals surface area contributed by atoms with Crippen molar-refractivity contribution in [2.75, 3.05) is 19.8 Å². The molecule has 0 aliphatic rings. The van der Waals surface area contributed by atoms with Gasteiger partial charge in [0, 0.05) is 11.8 Å². The van der Waals surface area contributed by atoms with E-state index in [-0.39, 0.29) is 19.8 Å². The highest BCUT2D eigenvalue weighted by molar-refractivity contribution is 5.66. The molecular formula is C21H44O5. The summed E-state index contributed by atoms with van der Waals surface area (Å²) in [5.74, 6) is -0.655. The number of carboxylic acids is 1. The van der Waals surface area contributed by atoms with Crippen molar-refractivity contribution in [3.8, 4) is 0 Å². The van der Waals surface area contributed by atoms with Crippen molar-refractivity contribution in [2.45, 2.75) is 104 Å². The van der Waals surface area contributed by atoms with E-state index in [1.165, 1.54) is 64.2 Å². The van der Waals surface area contributed by atoms with Gasteiger partial charge in [-0.05, 0) is 12.8 Å². The first-order valence-corrected chi connectivity index (χ1v) is 10.6. The summed E-state index contributed by atoms with van der Waals surface area (Å²) in [4.78, 5) is 10.3. The first kappa shape index (κ1) is 27.6. The molecule has 0 aliphatic carbocycles. The molecule has 0 radical (unpaired) electrons. The zero-order chi connectivity index (χ0) is 20.1. The molecule has 0 spiro atoms. The number of unbranched alkanes of at least 4 members (excludes halogenated alkanes) is 11. The number of rotatable bonds is 17. The summed E-state index contributed by atoms with van der Waals surface area (Å²) < 4.78 is 0. The fraction of sp³-hybridized carbons (Fsp3) is 0.952. The fourth-order valence-electron chi connectivity index (χ4n) is 2.60. The van der Waals surface area contributed by atoms with Crippen LogP contribution in [0.1, 0.15) is 104 Å². The van der Waals surface area contributed by atoms with Crippen LogP contribution in [0.2, 0.25) is 0 Å². The maximum atomic E-state index is 10.3. The zero-order valence-electron chi connectivity index (χ0n) is 17.2. The van der Waals surface area contributed by atoms with Crippen molar-refractivity contribution < 1.29 is 25.2 Å². The van der Waals surface area contributed by atoms with Gasteiger partial charge in [0.1, 0.15) is 0 Å². The van der Waals surface area contributed by atoms with Crippen LogP contribution >= 0.6 is 0 Å². The molecule has 26 heavy (non-hydrogen) atoms. The molecule has 0 saturated carbocycles. The second kappa shape index (κ2) is 20.7. The second-order valence-corrected chi connectivity index (χ2v) is 7.36. The Bertz CT molecular complexity index is 273. The standard InChI is InChI=1S/C15H30O2.C6H14O3/c1-2-3-4-5-6-7-8-9-10-11-12-13-14-15(16)17;1-2-6(3-7,4-8)5-9/h2-14H2,1H3,(H,16,17);7-9H,2-5H2,1H3. The van der Waals surface area contributed by atoms with Crippen molar-refractivity contribution in [1.82, 2.24) is 0 Å². The van der Waals surface area contributed by atoms with Crippen LogP contribution in [0.5, 0.6) is 0 Å². The number of carboxylic acid groups (broad SMARTS) is 1. The molecule has 4 N–H and O–H groups in total. The van der Waals surface area contributed by atoms with E-state index < -0.39 is 11.4 Å². The van der Waals surface area contributed by atoms with Gasteiger partial charge in [0.2, 0.25) is 0 Å². The van der Waals surface area contributed by atoms with Crippen LogP contribution in [0, 0.1) is 5.41 Å². The van der Waals surface area contributed by atoms with Crippen LogP contribution in [0.15, 0.2) is 0 Å². The van der Waals surface area contributed by atoms with Crippen LogP contribution < -0.4 is 0 Å². The van der Waals surface area contributed by atoms with Crippen LogP contribution in [0.4, 0.5) is 0 Å². The van der Waals surface area contributed by atoms with E-state index >= 15 is 0 Å². The monoisotopic (exact) mass is 376 g/mol. The molecule has 0 aromatic rings. The average molecular weight is 377 g/mol. The van der Waals surface area contributed by atoms with E-state index in [9.17, 15) is 4.79 Å². The molecule has 5 nitrogen and oxygen atoms in total. The second-order valence-electron chi connectivity index (χ2n) is 7.36. The molecule has 0 rings (SSSR count). The minimum Gasteiger partial charge on any atom is -0.481 e. The number of hydrogen-bond acceptors (Lipinski definition) is 4. The minimum absolute atomic E-state index is 0.156. The number of aliphatic hydroxyl groups is 3. The highest BCUT2D eigenvalue weighted by Gasteiger charge is 2.24. The van der Waals surface area contributed by atoms with Crippen LogP contribution in [-0.4, -0.2) is 46.2 Å². The summed E-state index contributed by atoms with van der Waals surface area (Å²) in [6.45, 7) is 3.61. The Morgan fingerprint density at radius 1 is 0.654 bits per heavy atom. The smallest absolute Gasteiger partial charge is 0.303 e. The molecule has 0 bridgehead atoms. The third-order valence-corrected chi connectivity index (χ3v) is 5.00. The first-order chi connectivity index (χ1) is 12.5. The molecule has 0 atom stereocenters. The molecular weight excluding hydrogens is 332 g/mol. The van der Waals surface area contributed by atoms with Gasteiger partial charge in [-0.15, -0.1) is 0 Å². The van der Waals surface area contributed by atoms with Gasteiger partial charge in [0.25, 0.3) is 0 Å². The fourth-order valence-corrected chi connectivity index (χ4v) is 2.60. The Hall–Kier alpha value is -0.650. The van der Waals surface area contributed by atoms with E-state index in [0.29, 0.717) is 12.8 Å². The van der Waals surface area contributed by atoms with Gasteiger partial charge in [-0.3, -0.25) is 4.79 Å². The molecule has 0 aromatic heterocycles. The van der Waals surface area contributed by atoms with E-state index in [2.05, 4.69) is 6.92 Å². The van der Waals surface area contributed by atoms with Gasteiger partial charge >= 0.3 is 5.97 Å². The lowest BCUT2D eigenvalue weighted by molar-refractivity contribution is -0.137. The third kappa shape index (κ3) is 18.2. The summed E-state index contributed by atoms with van der Waals surface area (Å²) >= 11 is 0. The van der Waals surface area contributed by atoms with Crippen molar-refractivity contribution in [2.24, 2.45) is 5.41 Å². The molecule has 0 aromatic carbocycles. The highest BCUT2D eigenvalue weighted by atomic mass is 16.4.